The van der Waals surface area contributed by atoms with Crippen molar-refractivity contribution in [2.45, 2.75) is 51.1 Å². The van der Waals surface area contributed by atoms with Crippen LogP contribution in [0, 0.1) is 0 Å². The van der Waals surface area contributed by atoms with Crippen LogP contribution in [-0.2, 0) is 36.9 Å². The lowest BCUT2D eigenvalue weighted by molar-refractivity contribution is -0.138. The van der Waals surface area contributed by atoms with E-state index in [1.54, 1.807) is 12.1 Å². The summed E-state index contributed by atoms with van der Waals surface area (Å²) in [5.74, 6) is -4.36. The number of carboxylic acid groups (broad SMARTS) is 1. The first kappa shape index (κ1) is 29.7. The van der Waals surface area contributed by atoms with E-state index in [1.165, 1.54) is 31.2 Å². The molecule has 2 aliphatic heterocycles. The monoisotopic (exact) mass is 566 g/mol. The molecule has 16 heteroatoms. The van der Waals surface area contributed by atoms with Crippen LogP contribution in [0.1, 0.15) is 51.6 Å². The number of nitrogens with two attached hydrogens (primary N) is 1. The third-order valence-corrected chi connectivity index (χ3v) is 6.78. The number of aliphatic carboxylic acids is 1. The smallest absolute Gasteiger partial charge is 0.481 e. The molecular weight excluding hydrogens is 538 g/mol. The van der Waals surface area contributed by atoms with Crippen LogP contribution in [0.3, 0.4) is 0 Å². The van der Waals surface area contributed by atoms with E-state index < -0.39 is 74.8 Å². The van der Waals surface area contributed by atoms with E-state index in [0.29, 0.717) is 16.5 Å². The molecule has 0 saturated carbocycles. The van der Waals surface area contributed by atoms with E-state index in [0.717, 1.165) is 5.56 Å². The molecule has 2 aromatic carbocycles. The van der Waals surface area contributed by atoms with Crippen molar-refractivity contribution >= 4 is 54.8 Å². The van der Waals surface area contributed by atoms with Crippen LogP contribution >= 0.6 is 0 Å². The molecule has 0 aliphatic carbocycles. The second-order valence-electron chi connectivity index (χ2n) is 9.84. The molecule has 3 unspecified atom stereocenters. The lowest BCUT2D eigenvalue weighted by Gasteiger charge is -2.27. The minimum atomic E-state index is -1.44. The SMILES string of the molecule is CC(NC(=O)c1ccc2c(c1)B(O)OC2)C(NC(=O)c1ccc2c(c1)B(O)OC2)C(=O)NC(CC(N)=O)CC(=O)O. The number of benzene rings is 2. The zero-order valence-corrected chi connectivity index (χ0v) is 22.0. The zero-order chi connectivity index (χ0) is 29.8. The molecule has 41 heavy (non-hydrogen) atoms. The third-order valence-electron chi connectivity index (χ3n) is 6.78. The highest BCUT2D eigenvalue weighted by molar-refractivity contribution is 6.62. The standard InChI is InChI=1S/C25H28B2N4O10/c1-12(29-23(35)13-2-4-15-10-40-26(38)18(15)6-13)22(25(37)30-17(8-20(28)32)9-21(33)34)31-24(36)14-3-5-16-11-41-27(39)19(16)7-14/h2-7,12,17,22,38-39H,8-11H2,1H3,(H2,28,32)(H,29,35)(H,30,37)(H,31,36)(H,33,34). The van der Waals surface area contributed by atoms with Gasteiger partial charge in [0.1, 0.15) is 6.04 Å². The molecule has 3 atom stereocenters. The van der Waals surface area contributed by atoms with Gasteiger partial charge in [-0.3, -0.25) is 24.0 Å². The lowest BCUT2D eigenvalue weighted by Crippen LogP contribution is -2.59. The number of hydrogen-bond donors (Lipinski definition) is 7. The summed E-state index contributed by atoms with van der Waals surface area (Å²) in [5.41, 5.74) is 7.69. The molecule has 0 radical (unpaired) electrons. The molecule has 2 aliphatic rings. The van der Waals surface area contributed by atoms with Gasteiger partial charge in [0.25, 0.3) is 11.8 Å². The second-order valence-corrected chi connectivity index (χ2v) is 9.84. The Bertz CT molecular complexity index is 1370. The fourth-order valence-corrected chi connectivity index (χ4v) is 4.65. The Morgan fingerprint density at radius 3 is 1.85 bits per heavy atom. The summed E-state index contributed by atoms with van der Waals surface area (Å²) in [6.45, 7) is 1.81. The average Bonchev–Trinajstić information content (AvgIpc) is 3.47. The van der Waals surface area contributed by atoms with Gasteiger partial charge >= 0.3 is 20.2 Å². The fourth-order valence-electron chi connectivity index (χ4n) is 4.65. The maximum Gasteiger partial charge on any atom is 0.491 e. The third kappa shape index (κ3) is 7.10. The van der Waals surface area contributed by atoms with Gasteiger partial charge < -0.3 is 46.1 Å². The Hall–Kier alpha value is -4.24. The van der Waals surface area contributed by atoms with Gasteiger partial charge in [-0.2, -0.15) is 0 Å². The Balaban J connectivity index is 1.55. The fraction of sp³-hybridized carbons (Fsp3) is 0.320. The second kappa shape index (κ2) is 12.5. The predicted molar refractivity (Wildman–Crippen MR) is 144 cm³/mol. The Kier molecular flexibility index (Phi) is 9.08. The first-order valence-corrected chi connectivity index (χ1v) is 12.7. The number of carbonyl (C=O) groups is 5. The molecule has 0 saturated heterocycles. The molecule has 0 spiro atoms. The minimum absolute atomic E-state index is 0.0939. The number of primary amides is 1. The van der Waals surface area contributed by atoms with Crippen molar-refractivity contribution in [3.8, 4) is 0 Å². The number of nitrogens with one attached hydrogen (secondary N) is 3. The zero-order valence-electron chi connectivity index (χ0n) is 22.0. The van der Waals surface area contributed by atoms with Crippen molar-refractivity contribution in [3.05, 3.63) is 58.7 Å². The highest BCUT2D eigenvalue weighted by Gasteiger charge is 2.33. The van der Waals surface area contributed by atoms with Crippen LogP contribution in [0.5, 0.6) is 0 Å². The topological polar surface area (TPSA) is 227 Å². The summed E-state index contributed by atoms with van der Waals surface area (Å²) >= 11 is 0. The van der Waals surface area contributed by atoms with E-state index >= 15 is 0 Å². The van der Waals surface area contributed by atoms with E-state index in [9.17, 15) is 39.1 Å². The van der Waals surface area contributed by atoms with Crippen molar-refractivity contribution < 1.29 is 48.4 Å². The molecule has 0 aromatic heterocycles. The van der Waals surface area contributed by atoms with Crippen molar-refractivity contribution in [2.75, 3.05) is 0 Å². The highest BCUT2D eigenvalue weighted by atomic mass is 16.5. The van der Waals surface area contributed by atoms with Gasteiger partial charge in [-0.15, -0.1) is 0 Å². The summed E-state index contributed by atoms with van der Waals surface area (Å²) in [6.07, 6.45) is -1.08. The molecule has 4 rings (SSSR count). The normalized spacial score (nSPS) is 15.8. The van der Waals surface area contributed by atoms with Crippen molar-refractivity contribution in [2.24, 2.45) is 5.73 Å². The molecule has 2 aromatic rings. The number of carbonyl (C=O) groups excluding carboxylic acids is 4. The largest absolute Gasteiger partial charge is 0.491 e. The van der Waals surface area contributed by atoms with E-state index in [2.05, 4.69) is 16.0 Å². The molecule has 2 heterocycles. The van der Waals surface area contributed by atoms with Gasteiger partial charge in [-0.1, -0.05) is 12.1 Å². The van der Waals surface area contributed by atoms with Crippen molar-refractivity contribution in [1.82, 2.24) is 16.0 Å². The van der Waals surface area contributed by atoms with E-state index in [-0.39, 0.29) is 24.3 Å². The maximum atomic E-state index is 13.3. The summed E-state index contributed by atoms with van der Waals surface area (Å²) in [4.78, 5) is 62.3. The molecule has 14 nitrogen and oxygen atoms in total. The Morgan fingerprint density at radius 1 is 0.854 bits per heavy atom. The van der Waals surface area contributed by atoms with Gasteiger partial charge in [0.05, 0.1) is 25.7 Å². The predicted octanol–water partition coefficient (Wildman–Crippen LogP) is -3.13. The molecule has 0 bridgehead atoms. The van der Waals surface area contributed by atoms with Crippen molar-refractivity contribution in [1.29, 1.82) is 0 Å². The van der Waals surface area contributed by atoms with Crippen LogP contribution in [0.25, 0.3) is 0 Å². The lowest BCUT2D eigenvalue weighted by atomic mass is 9.78. The van der Waals surface area contributed by atoms with Gasteiger partial charge in [0, 0.05) is 23.6 Å². The highest BCUT2D eigenvalue weighted by Crippen LogP contribution is 2.14. The number of carboxylic acids is 1. The van der Waals surface area contributed by atoms with E-state index in [1.807, 2.05) is 0 Å². The maximum absolute atomic E-state index is 13.3. The van der Waals surface area contributed by atoms with Gasteiger partial charge in [-0.25, -0.2) is 0 Å². The van der Waals surface area contributed by atoms with Crippen molar-refractivity contribution in [3.63, 3.8) is 0 Å². The van der Waals surface area contributed by atoms with Gasteiger partial charge in [0.15, 0.2) is 0 Å². The summed E-state index contributed by atoms with van der Waals surface area (Å²) in [7, 11) is -2.39. The minimum Gasteiger partial charge on any atom is -0.481 e. The molecule has 0 fully saturated rings. The summed E-state index contributed by atoms with van der Waals surface area (Å²) in [6, 6.07) is 5.43. The molecule has 4 amide bonds. The van der Waals surface area contributed by atoms with Crippen LogP contribution in [0.4, 0.5) is 0 Å². The van der Waals surface area contributed by atoms with E-state index in [4.69, 9.17) is 15.0 Å². The van der Waals surface area contributed by atoms with Crippen LogP contribution in [0.15, 0.2) is 36.4 Å². The number of fused-ring (bicyclic) bond motifs is 2. The molecule has 8 N–H and O–H groups in total. The Labute approximate surface area is 234 Å². The molecular formula is C25H28B2N4O10. The van der Waals surface area contributed by atoms with Crippen LogP contribution < -0.4 is 32.6 Å². The van der Waals surface area contributed by atoms with Gasteiger partial charge in [-0.05, 0) is 53.2 Å². The number of hydrogen-bond acceptors (Lipinski definition) is 9. The quantitative estimate of drug-likeness (QED) is 0.135. The molecule has 214 valence electrons. The first-order valence-electron chi connectivity index (χ1n) is 12.7. The Morgan fingerprint density at radius 2 is 1.37 bits per heavy atom. The van der Waals surface area contributed by atoms with Gasteiger partial charge in [0.2, 0.25) is 11.8 Å². The summed E-state index contributed by atoms with van der Waals surface area (Å²) < 4.78 is 10.3. The first-order chi connectivity index (χ1) is 19.4. The number of rotatable bonds is 11. The van der Waals surface area contributed by atoms with Crippen LogP contribution in [0.2, 0.25) is 0 Å². The van der Waals surface area contributed by atoms with Crippen LogP contribution in [-0.4, -0.2) is 77.1 Å². The summed E-state index contributed by atoms with van der Waals surface area (Å²) in [5, 5.41) is 36.8. The average molecular weight is 566 g/mol. The number of amides is 4.